The monoisotopic (exact) mass is 127 g/mol. The highest BCUT2D eigenvalue weighted by atomic mass is 14.9. The Morgan fingerprint density at radius 3 is 2.44 bits per heavy atom. The Morgan fingerprint density at radius 1 is 1.33 bits per heavy atom. The van der Waals surface area contributed by atoms with Gasteiger partial charge in [-0.2, -0.15) is 0 Å². The zero-order valence-electron chi connectivity index (χ0n) is 6.65. The fraction of sp³-hybridized carbons (Fsp3) is 0.750. The molecule has 0 amide bonds. The van der Waals surface area contributed by atoms with Crippen LogP contribution in [0, 0.1) is 0 Å². The van der Waals surface area contributed by atoms with Gasteiger partial charge in [-0.3, -0.25) is 0 Å². The van der Waals surface area contributed by atoms with Gasteiger partial charge in [0.25, 0.3) is 0 Å². The molecule has 0 aliphatic rings. The molecule has 0 aromatic rings. The normalized spacial score (nSPS) is 11.6. The molecule has 0 heterocycles. The van der Waals surface area contributed by atoms with Gasteiger partial charge < -0.3 is 5.32 Å². The van der Waals surface area contributed by atoms with Crippen molar-refractivity contribution in [2.24, 2.45) is 0 Å². The van der Waals surface area contributed by atoms with Gasteiger partial charge in [0.2, 0.25) is 0 Å². The molecule has 0 aliphatic carbocycles. The minimum absolute atomic E-state index is 0.603. The maximum Gasteiger partial charge on any atom is 0.0137 e. The molecule has 1 N–H and O–H groups in total. The Hall–Kier alpha value is -0.300. The highest BCUT2D eigenvalue weighted by Gasteiger charge is 1.84. The van der Waals surface area contributed by atoms with Crippen LogP contribution >= 0.6 is 0 Å². The number of allylic oxidation sites excluding steroid dienone is 1. The SMILES string of the molecule is CC/C=C/CNC(C)C. The summed E-state index contributed by atoms with van der Waals surface area (Å²) in [7, 11) is 0. The summed E-state index contributed by atoms with van der Waals surface area (Å²) in [5.74, 6) is 0. The van der Waals surface area contributed by atoms with Gasteiger partial charge in [-0.15, -0.1) is 0 Å². The quantitative estimate of drug-likeness (QED) is 0.569. The molecule has 54 valence electrons. The van der Waals surface area contributed by atoms with E-state index in [0.717, 1.165) is 13.0 Å². The molecule has 0 aliphatic heterocycles. The third-order valence-corrected chi connectivity index (χ3v) is 1.05. The molecule has 0 atom stereocenters. The Labute approximate surface area is 58.2 Å². The van der Waals surface area contributed by atoms with Crippen molar-refractivity contribution in [1.29, 1.82) is 0 Å². The smallest absolute Gasteiger partial charge is 0.0137 e. The number of nitrogens with one attached hydrogen (secondary N) is 1. The van der Waals surface area contributed by atoms with Crippen LogP contribution in [-0.2, 0) is 0 Å². The topological polar surface area (TPSA) is 12.0 Å². The maximum atomic E-state index is 3.29. The van der Waals surface area contributed by atoms with Gasteiger partial charge >= 0.3 is 0 Å². The van der Waals surface area contributed by atoms with E-state index >= 15 is 0 Å². The van der Waals surface area contributed by atoms with Crippen molar-refractivity contribution >= 4 is 0 Å². The predicted molar refractivity (Wildman–Crippen MR) is 42.6 cm³/mol. The lowest BCUT2D eigenvalue weighted by Gasteiger charge is -2.02. The molecule has 1 nitrogen and oxygen atoms in total. The van der Waals surface area contributed by atoms with Crippen molar-refractivity contribution in [3.63, 3.8) is 0 Å². The number of rotatable bonds is 4. The van der Waals surface area contributed by atoms with E-state index in [-0.39, 0.29) is 0 Å². The summed E-state index contributed by atoms with van der Waals surface area (Å²) >= 11 is 0. The Bertz CT molecular complexity index is 74.6. The highest BCUT2D eigenvalue weighted by molar-refractivity contribution is 4.82. The van der Waals surface area contributed by atoms with Gasteiger partial charge in [-0.05, 0) is 6.42 Å². The van der Waals surface area contributed by atoms with Crippen molar-refractivity contribution in [2.75, 3.05) is 6.54 Å². The Balaban J connectivity index is 2.99. The van der Waals surface area contributed by atoms with E-state index in [9.17, 15) is 0 Å². The van der Waals surface area contributed by atoms with Crippen LogP contribution < -0.4 is 5.32 Å². The Morgan fingerprint density at radius 2 is 2.00 bits per heavy atom. The second-order valence-corrected chi connectivity index (χ2v) is 2.44. The lowest BCUT2D eigenvalue weighted by molar-refractivity contribution is 0.632. The van der Waals surface area contributed by atoms with Crippen LogP contribution in [-0.4, -0.2) is 12.6 Å². The Kier molecular flexibility index (Phi) is 5.64. The van der Waals surface area contributed by atoms with E-state index < -0.39 is 0 Å². The van der Waals surface area contributed by atoms with Gasteiger partial charge in [0, 0.05) is 12.6 Å². The molecule has 0 aromatic carbocycles. The molecular weight excluding hydrogens is 110 g/mol. The van der Waals surface area contributed by atoms with E-state index in [1.54, 1.807) is 0 Å². The van der Waals surface area contributed by atoms with Gasteiger partial charge in [-0.25, -0.2) is 0 Å². The molecule has 9 heavy (non-hydrogen) atoms. The van der Waals surface area contributed by atoms with Gasteiger partial charge in [0.15, 0.2) is 0 Å². The molecule has 0 spiro atoms. The van der Waals surface area contributed by atoms with Crippen LogP contribution in [0.3, 0.4) is 0 Å². The standard InChI is InChI=1S/C8H17N/c1-4-5-6-7-9-8(2)3/h5-6,8-9H,4,7H2,1-3H3/b6-5+. The van der Waals surface area contributed by atoms with Crippen LogP contribution in [0.2, 0.25) is 0 Å². The van der Waals surface area contributed by atoms with Gasteiger partial charge in [0.1, 0.15) is 0 Å². The molecule has 0 rings (SSSR count). The first-order valence-corrected chi connectivity index (χ1v) is 3.65. The summed E-state index contributed by atoms with van der Waals surface area (Å²) in [6.07, 6.45) is 5.48. The number of hydrogen-bond acceptors (Lipinski definition) is 1. The molecule has 0 radical (unpaired) electrons. The first-order chi connectivity index (χ1) is 4.27. The summed E-state index contributed by atoms with van der Waals surface area (Å²) in [5.41, 5.74) is 0. The average Bonchev–Trinajstić information content (AvgIpc) is 1.80. The van der Waals surface area contributed by atoms with Crippen molar-refractivity contribution in [1.82, 2.24) is 5.32 Å². The van der Waals surface area contributed by atoms with E-state index in [0.29, 0.717) is 6.04 Å². The molecule has 0 fully saturated rings. The predicted octanol–water partition coefficient (Wildman–Crippen LogP) is 1.95. The van der Waals surface area contributed by atoms with Gasteiger partial charge in [0.05, 0.1) is 0 Å². The molecule has 0 bridgehead atoms. The summed E-state index contributed by atoms with van der Waals surface area (Å²) in [5, 5.41) is 3.29. The fourth-order valence-corrected chi connectivity index (χ4v) is 0.554. The summed E-state index contributed by atoms with van der Waals surface area (Å²) in [6, 6.07) is 0.603. The lowest BCUT2D eigenvalue weighted by Crippen LogP contribution is -2.22. The van der Waals surface area contributed by atoms with E-state index in [1.165, 1.54) is 0 Å². The largest absolute Gasteiger partial charge is 0.311 e. The van der Waals surface area contributed by atoms with Crippen LogP contribution in [0.5, 0.6) is 0 Å². The summed E-state index contributed by atoms with van der Waals surface area (Å²) in [4.78, 5) is 0. The molecule has 1 heteroatoms. The average molecular weight is 127 g/mol. The summed E-state index contributed by atoms with van der Waals surface area (Å²) in [6.45, 7) is 7.46. The fourth-order valence-electron chi connectivity index (χ4n) is 0.554. The van der Waals surface area contributed by atoms with Crippen molar-refractivity contribution in [3.8, 4) is 0 Å². The molecular formula is C8H17N. The zero-order chi connectivity index (χ0) is 7.11. The third kappa shape index (κ3) is 7.70. The van der Waals surface area contributed by atoms with Crippen LogP contribution in [0.1, 0.15) is 27.2 Å². The van der Waals surface area contributed by atoms with Gasteiger partial charge in [-0.1, -0.05) is 32.9 Å². The van der Waals surface area contributed by atoms with Crippen molar-refractivity contribution < 1.29 is 0 Å². The van der Waals surface area contributed by atoms with Crippen LogP contribution in [0.25, 0.3) is 0 Å². The van der Waals surface area contributed by atoms with Crippen LogP contribution in [0.4, 0.5) is 0 Å². The van der Waals surface area contributed by atoms with Crippen molar-refractivity contribution in [3.05, 3.63) is 12.2 Å². The lowest BCUT2D eigenvalue weighted by atomic mass is 10.3. The zero-order valence-corrected chi connectivity index (χ0v) is 6.65. The molecule has 0 unspecified atom stereocenters. The third-order valence-electron chi connectivity index (χ3n) is 1.05. The number of hydrogen-bond donors (Lipinski definition) is 1. The maximum absolute atomic E-state index is 3.29. The molecule has 0 saturated carbocycles. The van der Waals surface area contributed by atoms with E-state index in [2.05, 4.69) is 38.2 Å². The minimum atomic E-state index is 0.603. The molecule has 0 saturated heterocycles. The van der Waals surface area contributed by atoms with E-state index in [1.807, 2.05) is 0 Å². The second kappa shape index (κ2) is 5.83. The molecule has 0 aromatic heterocycles. The minimum Gasteiger partial charge on any atom is -0.311 e. The summed E-state index contributed by atoms with van der Waals surface area (Å²) < 4.78 is 0. The van der Waals surface area contributed by atoms with E-state index in [4.69, 9.17) is 0 Å². The second-order valence-electron chi connectivity index (χ2n) is 2.44. The highest BCUT2D eigenvalue weighted by Crippen LogP contribution is 1.79. The van der Waals surface area contributed by atoms with Crippen molar-refractivity contribution in [2.45, 2.75) is 33.2 Å². The van der Waals surface area contributed by atoms with Crippen LogP contribution in [0.15, 0.2) is 12.2 Å². The first kappa shape index (κ1) is 8.70. The first-order valence-electron chi connectivity index (χ1n) is 3.65.